The van der Waals surface area contributed by atoms with Crippen LogP contribution in [0.5, 0.6) is 11.5 Å². The largest absolute Gasteiger partial charge is 0.494 e. The molecular formula is C21H24N2O4. The lowest BCUT2D eigenvalue weighted by Gasteiger charge is -2.16. The maximum atomic E-state index is 11.8. The number of rotatable bonds is 9. The summed E-state index contributed by atoms with van der Waals surface area (Å²) in [7, 11) is 0. The van der Waals surface area contributed by atoms with Gasteiger partial charge in [-0.1, -0.05) is 18.2 Å². The Hall–Kier alpha value is -3.02. The molecule has 0 spiro atoms. The van der Waals surface area contributed by atoms with Crippen molar-refractivity contribution in [3.63, 3.8) is 0 Å². The molecule has 0 radical (unpaired) electrons. The molecule has 2 aromatic carbocycles. The van der Waals surface area contributed by atoms with Gasteiger partial charge in [-0.2, -0.15) is 0 Å². The number of amides is 2. The van der Waals surface area contributed by atoms with Crippen LogP contribution in [0.4, 0.5) is 5.69 Å². The molecule has 2 amide bonds. The number of carbonyl (C=O) groups excluding carboxylic acids is 2. The van der Waals surface area contributed by atoms with E-state index in [1.54, 1.807) is 17.0 Å². The highest BCUT2D eigenvalue weighted by Gasteiger charge is 2.21. The molecule has 6 nitrogen and oxygen atoms in total. The van der Waals surface area contributed by atoms with Crippen LogP contribution in [0.3, 0.4) is 0 Å². The maximum Gasteiger partial charge on any atom is 0.257 e. The van der Waals surface area contributed by atoms with Crippen molar-refractivity contribution < 1.29 is 19.1 Å². The minimum Gasteiger partial charge on any atom is -0.494 e. The van der Waals surface area contributed by atoms with Crippen LogP contribution < -0.4 is 19.7 Å². The smallest absolute Gasteiger partial charge is 0.257 e. The van der Waals surface area contributed by atoms with E-state index in [0.717, 1.165) is 30.8 Å². The van der Waals surface area contributed by atoms with E-state index in [4.69, 9.17) is 9.47 Å². The van der Waals surface area contributed by atoms with Gasteiger partial charge in [0, 0.05) is 25.2 Å². The third-order valence-electron chi connectivity index (χ3n) is 4.25. The Kier molecular flexibility index (Phi) is 6.68. The number of hydrogen-bond acceptors (Lipinski definition) is 4. The molecule has 3 rings (SSSR count). The van der Waals surface area contributed by atoms with E-state index in [-0.39, 0.29) is 18.4 Å². The molecule has 1 aliphatic rings. The van der Waals surface area contributed by atoms with Crippen molar-refractivity contribution in [3.05, 3.63) is 54.6 Å². The molecule has 0 unspecified atom stereocenters. The van der Waals surface area contributed by atoms with Gasteiger partial charge in [0.15, 0.2) is 6.61 Å². The second kappa shape index (κ2) is 9.62. The third kappa shape index (κ3) is 5.74. The zero-order valence-electron chi connectivity index (χ0n) is 15.2. The number of hydrogen-bond donors (Lipinski definition) is 1. The summed E-state index contributed by atoms with van der Waals surface area (Å²) in [5.74, 6) is 1.41. The fourth-order valence-corrected chi connectivity index (χ4v) is 2.85. The predicted octanol–water partition coefficient (Wildman–Crippen LogP) is 2.78. The minimum absolute atomic E-state index is 0.0401. The molecule has 0 aliphatic carbocycles. The van der Waals surface area contributed by atoms with Crippen molar-refractivity contribution in [2.45, 2.75) is 19.3 Å². The Labute approximate surface area is 159 Å². The van der Waals surface area contributed by atoms with Gasteiger partial charge in [0.05, 0.1) is 6.61 Å². The molecule has 1 N–H and O–H groups in total. The van der Waals surface area contributed by atoms with Gasteiger partial charge >= 0.3 is 0 Å². The van der Waals surface area contributed by atoms with Gasteiger partial charge in [-0.05, 0) is 49.2 Å². The second-order valence-electron chi connectivity index (χ2n) is 6.30. The fraction of sp³-hybridized carbons (Fsp3) is 0.333. The van der Waals surface area contributed by atoms with E-state index in [1.165, 1.54) is 0 Å². The number of ether oxygens (including phenoxy) is 2. The minimum atomic E-state index is -0.173. The van der Waals surface area contributed by atoms with E-state index < -0.39 is 0 Å². The highest BCUT2D eigenvalue weighted by atomic mass is 16.5. The number of benzene rings is 2. The molecule has 0 bridgehead atoms. The number of nitrogens with one attached hydrogen (secondary N) is 1. The van der Waals surface area contributed by atoms with E-state index >= 15 is 0 Å². The van der Waals surface area contributed by atoms with Crippen LogP contribution in [0.2, 0.25) is 0 Å². The second-order valence-corrected chi connectivity index (χ2v) is 6.30. The summed E-state index contributed by atoms with van der Waals surface area (Å²) in [6.45, 7) is 1.80. The first-order valence-corrected chi connectivity index (χ1v) is 9.20. The highest BCUT2D eigenvalue weighted by Crippen LogP contribution is 2.23. The maximum absolute atomic E-state index is 11.8. The molecular weight excluding hydrogens is 344 g/mol. The summed E-state index contributed by atoms with van der Waals surface area (Å²) >= 11 is 0. The Bertz CT molecular complexity index is 747. The lowest BCUT2D eigenvalue weighted by Crippen LogP contribution is -2.30. The topological polar surface area (TPSA) is 67.9 Å². The average molecular weight is 368 g/mol. The molecule has 0 saturated carbocycles. The SMILES string of the molecule is O=C(COc1ccc(N2CCCC2=O)cc1)NCCCOc1ccccc1. The summed E-state index contributed by atoms with van der Waals surface area (Å²) in [6.07, 6.45) is 2.22. The van der Waals surface area contributed by atoms with Gasteiger partial charge in [0.25, 0.3) is 5.91 Å². The van der Waals surface area contributed by atoms with Gasteiger partial charge in [-0.25, -0.2) is 0 Å². The van der Waals surface area contributed by atoms with Crippen LogP contribution in [0.25, 0.3) is 0 Å². The molecule has 1 fully saturated rings. The quantitative estimate of drug-likeness (QED) is 0.691. The van der Waals surface area contributed by atoms with Crippen molar-refractivity contribution in [3.8, 4) is 11.5 Å². The molecule has 2 aromatic rings. The zero-order valence-corrected chi connectivity index (χ0v) is 15.2. The van der Waals surface area contributed by atoms with Crippen molar-refractivity contribution in [2.75, 3.05) is 31.2 Å². The molecule has 142 valence electrons. The molecule has 0 aromatic heterocycles. The summed E-state index contributed by atoms with van der Waals surface area (Å²) in [6, 6.07) is 16.8. The van der Waals surface area contributed by atoms with Gasteiger partial charge in [-0.15, -0.1) is 0 Å². The van der Waals surface area contributed by atoms with Crippen molar-refractivity contribution in [1.29, 1.82) is 0 Å². The van der Waals surface area contributed by atoms with E-state index in [1.807, 2.05) is 42.5 Å². The molecule has 0 atom stereocenters. The molecule has 6 heteroatoms. The highest BCUT2D eigenvalue weighted by molar-refractivity contribution is 5.95. The van der Waals surface area contributed by atoms with Gasteiger partial charge in [-0.3, -0.25) is 9.59 Å². The lowest BCUT2D eigenvalue weighted by atomic mass is 10.3. The number of anilines is 1. The first-order chi connectivity index (χ1) is 13.2. The van der Waals surface area contributed by atoms with Gasteiger partial charge < -0.3 is 19.7 Å². The van der Waals surface area contributed by atoms with Gasteiger partial charge in [0.1, 0.15) is 11.5 Å². The summed E-state index contributed by atoms with van der Waals surface area (Å²) in [5.41, 5.74) is 0.868. The Balaban J connectivity index is 1.31. The molecule has 1 saturated heterocycles. The fourth-order valence-electron chi connectivity index (χ4n) is 2.85. The first-order valence-electron chi connectivity index (χ1n) is 9.20. The summed E-state index contributed by atoms with van der Waals surface area (Å²) < 4.78 is 11.1. The van der Waals surface area contributed by atoms with E-state index in [2.05, 4.69) is 5.32 Å². The number of nitrogens with zero attached hydrogens (tertiary/aromatic N) is 1. The van der Waals surface area contributed by atoms with Crippen LogP contribution in [-0.2, 0) is 9.59 Å². The molecule has 1 aliphatic heterocycles. The van der Waals surface area contributed by atoms with Crippen LogP contribution in [0, 0.1) is 0 Å². The predicted molar refractivity (Wildman–Crippen MR) is 103 cm³/mol. The van der Waals surface area contributed by atoms with Crippen molar-refractivity contribution >= 4 is 17.5 Å². The van der Waals surface area contributed by atoms with Crippen LogP contribution in [0.1, 0.15) is 19.3 Å². The van der Waals surface area contributed by atoms with Gasteiger partial charge in [0.2, 0.25) is 5.91 Å². The van der Waals surface area contributed by atoms with Crippen molar-refractivity contribution in [1.82, 2.24) is 5.32 Å². The molecule has 27 heavy (non-hydrogen) atoms. The molecule has 1 heterocycles. The average Bonchev–Trinajstić information content (AvgIpc) is 3.13. The first kappa shape index (κ1) is 18.8. The number of para-hydroxylation sites is 1. The summed E-state index contributed by atoms with van der Waals surface area (Å²) in [4.78, 5) is 25.3. The standard InChI is InChI=1S/C21H24N2O4/c24-20(22-13-5-15-26-18-6-2-1-3-7-18)16-27-19-11-9-17(10-12-19)23-14-4-8-21(23)25/h1-3,6-7,9-12H,4-5,8,13-16H2,(H,22,24). The third-order valence-corrected chi connectivity index (χ3v) is 4.25. The zero-order chi connectivity index (χ0) is 18.9. The Morgan fingerprint density at radius 3 is 2.44 bits per heavy atom. The Morgan fingerprint density at radius 1 is 1.00 bits per heavy atom. The Morgan fingerprint density at radius 2 is 1.74 bits per heavy atom. The summed E-state index contributed by atoms with van der Waals surface area (Å²) in [5, 5.41) is 2.80. The van der Waals surface area contributed by atoms with E-state index in [0.29, 0.717) is 25.3 Å². The van der Waals surface area contributed by atoms with Crippen molar-refractivity contribution in [2.24, 2.45) is 0 Å². The van der Waals surface area contributed by atoms with E-state index in [9.17, 15) is 9.59 Å². The normalized spacial score (nSPS) is 13.5. The lowest BCUT2D eigenvalue weighted by molar-refractivity contribution is -0.123. The van der Waals surface area contributed by atoms with Crippen LogP contribution in [0.15, 0.2) is 54.6 Å². The van der Waals surface area contributed by atoms with Crippen LogP contribution in [-0.4, -0.2) is 38.1 Å². The monoisotopic (exact) mass is 368 g/mol. The van der Waals surface area contributed by atoms with Crippen LogP contribution >= 0.6 is 0 Å². The number of carbonyl (C=O) groups is 2.